The van der Waals surface area contributed by atoms with E-state index in [9.17, 15) is 4.79 Å². The highest BCUT2D eigenvalue weighted by atomic mass is 35.5. The molecule has 3 aromatic rings. The van der Waals surface area contributed by atoms with Gasteiger partial charge in [-0.2, -0.15) is 0 Å². The van der Waals surface area contributed by atoms with Gasteiger partial charge >= 0.3 is 0 Å². The highest BCUT2D eigenvalue weighted by Gasteiger charge is 2.31. The Morgan fingerprint density at radius 3 is 2.85 bits per heavy atom. The third-order valence-electron chi connectivity index (χ3n) is 6.46. The van der Waals surface area contributed by atoms with Crippen LogP contribution < -0.4 is 25.7 Å². The van der Waals surface area contributed by atoms with Crippen molar-refractivity contribution in [2.24, 2.45) is 12.8 Å². The number of methoxy groups -OCH3 is 1. The molecule has 34 heavy (non-hydrogen) atoms. The number of amides is 1. The van der Waals surface area contributed by atoms with E-state index < -0.39 is 5.54 Å². The number of nitrogens with zero attached hydrogens (tertiary/aromatic N) is 1. The van der Waals surface area contributed by atoms with Gasteiger partial charge in [-0.3, -0.25) is 4.79 Å². The molecule has 174 valence electrons. The number of halogens is 1. The average Bonchev–Trinajstić information content (AvgIpc) is 3.16. The van der Waals surface area contributed by atoms with Gasteiger partial charge in [0.2, 0.25) is 0 Å². The first kappa shape index (κ1) is 22.3. The Morgan fingerprint density at radius 2 is 2.12 bits per heavy atom. The van der Waals surface area contributed by atoms with Crippen molar-refractivity contribution in [2.75, 3.05) is 19.0 Å². The van der Waals surface area contributed by atoms with E-state index in [1.54, 1.807) is 13.2 Å². The van der Waals surface area contributed by atoms with E-state index in [1.807, 2.05) is 42.2 Å². The number of H-pyrrole nitrogens is 1. The van der Waals surface area contributed by atoms with Crippen LogP contribution in [-0.4, -0.2) is 30.1 Å². The summed E-state index contributed by atoms with van der Waals surface area (Å²) in [6.45, 7) is 0.581. The molecule has 1 aliphatic heterocycles. The van der Waals surface area contributed by atoms with Crippen molar-refractivity contribution in [3.05, 3.63) is 58.5 Å². The Morgan fingerprint density at radius 1 is 1.29 bits per heavy atom. The van der Waals surface area contributed by atoms with Gasteiger partial charge in [-0.15, -0.1) is 0 Å². The van der Waals surface area contributed by atoms with Crippen LogP contribution in [0.2, 0.25) is 5.02 Å². The van der Waals surface area contributed by atoms with E-state index in [4.69, 9.17) is 22.1 Å². The van der Waals surface area contributed by atoms with E-state index in [0.29, 0.717) is 40.7 Å². The Bertz CT molecular complexity index is 1350. The van der Waals surface area contributed by atoms with Gasteiger partial charge in [0.15, 0.2) is 18.1 Å². The van der Waals surface area contributed by atoms with Crippen molar-refractivity contribution in [3.63, 3.8) is 0 Å². The van der Waals surface area contributed by atoms with E-state index in [1.165, 1.54) is 0 Å². The number of pyridine rings is 1. The molecule has 5 rings (SSSR count). The molecule has 1 amide bonds. The van der Waals surface area contributed by atoms with Crippen molar-refractivity contribution in [2.45, 2.75) is 31.2 Å². The number of aromatic amines is 1. The van der Waals surface area contributed by atoms with E-state index in [-0.39, 0.29) is 5.91 Å². The van der Waals surface area contributed by atoms with Crippen LogP contribution in [0, 0.1) is 11.8 Å². The third kappa shape index (κ3) is 4.00. The number of aromatic nitrogens is 2. The lowest BCUT2D eigenvalue weighted by atomic mass is 9.78. The number of nitrogens with one attached hydrogen (secondary N) is 3. The quantitative estimate of drug-likeness (QED) is 0.342. The molecule has 1 aliphatic carbocycles. The van der Waals surface area contributed by atoms with E-state index >= 15 is 0 Å². The van der Waals surface area contributed by atoms with Crippen molar-refractivity contribution in [1.82, 2.24) is 10.3 Å². The second-order valence-corrected chi connectivity index (χ2v) is 9.28. The number of aryl methyl sites for hydroxylation is 1. The normalized spacial score (nSPS) is 15.9. The molecule has 7 nitrogen and oxygen atoms in total. The SMILES string of the molecule is COc1c(Cl)cccc1Nc1c(-c2cc[n+](C)cc2C#CC2(N)CCC2)[nH]c2c1C(=O)NCC2. The molecule has 1 saturated carbocycles. The zero-order chi connectivity index (χ0) is 23.9. The minimum Gasteiger partial charge on any atom is -0.493 e. The summed E-state index contributed by atoms with van der Waals surface area (Å²) in [7, 11) is 3.53. The number of carbonyl (C=O) groups excluding carboxylic acids is 1. The van der Waals surface area contributed by atoms with Gasteiger partial charge in [-0.1, -0.05) is 29.5 Å². The number of carbonyl (C=O) groups is 1. The topological polar surface area (TPSA) is 96.0 Å². The third-order valence-corrected chi connectivity index (χ3v) is 6.75. The number of anilines is 2. The number of nitrogens with two attached hydrogens (primary N) is 1. The summed E-state index contributed by atoms with van der Waals surface area (Å²) in [6.07, 6.45) is 7.57. The highest BCUT2D eigenvalue weighted by molar-refractivity contribution is 6.32. The fourth-order valence-corrected chi connectivity index (χ4v) is 4.70. The summed E-state index contributed by atoms with van der Waals surface area (Å²) in [6, 6.07) is 7.48. The molecule has 5 N–H and O–H groups in total. The number of rotatable bonds is 4. The largest absolute Gasteiger partial charge is 0.493 e. The predicted octanol–water partition coefficient (Wildman–Crippen LogP) is 3.43. The van der Waals surface area contributed by atoms with Crippen LogP contribution in [0.1, 0.15) is 40.9 Å². The molecule has 1 aromatic carbocycles. The molecule has 0 saturated heterocycles. The summed E-state index contributed by atoms with van der Waals surface area (Å²) in [4.78, 5) is 16.4. The van der Waals surface area contributed by atoms with Crippen LogP contribution in [-0.2, 0) is 13.5 Å². The predicted molar refractivity (Wildman–Crippen MR) is 132 cm³/mol. The van der Waals surface area contributed by atoms with Crippen molar-refractivity contribution in [1.29, 1.82) is 0 Å². The molecule has 0 unspecified atom stereocenters. The first-order valence-electron chi connectivity index (χ1n) is 11.3. The maximum Gasteiger partial charge on any atom is 0.255 e. The van der Waals surface area contributed by atoms with Gasteiger partial charge in [0.25, 0.3) is 5.91 Å². The van der Waals surface area contributed by atoms with Gasteiger partial charge in [0, 0.05) is 30.3 Å². The Labute approximate surface area is 203 Å². The molecule has 8 heteroatoms. The Hall–Kier alpha value is -3.47. The number of hydrogen-bond donors (Lipinski definition) is 4. The summed E-state index contributed by atoms with van der Waals surface area (Å²) in [5, 5.41) is 6.85. The summed E-state index contributed by atoms with van der Waals surface area (Å²) >= 11 is 6.36. The number of ether oxygens (including phenoxy) is 1. The number of benzene rings is 1. The highest BCUT2D eigenvalue weighted by Crippen LogP contribution is 2.41. The standard InChI is InChI=1S/C26H26ClN5O2/c1-32-14-9-17(16(15-32)7-12-26(28)10-4-11-26)22-23(21-19(30-22)8-13-29-25(21)33)31-20-6-3-5-18(27)24(20)34-2/h3,5-6,9,14-15H,4,8,10-11,13,28H2,1-2H3,(H2,29,30,31,33)/p+1. The molecule has 0 bridgehead atoms. The van der Waals surface area contributed by atoms with Crippen molar-refractivity contribution in [3.8, 4) is 28.8 Å². The summed E-state index contributed by atoms with van der Waals surface area (Å²) in [5.41, 5.74) is 11.3. The maximum atomic E-state index is 12.9. The molecule has 3 heterocycles. The minimum atomic E-state index is -0.421. The van der Waals surface area contributed by atoms with Gasteiger partial charge in [0.1, 0.15) is 7.05 Å². The van der Waals surface area contributed by atoms with E-state index in [0.717, 1.165) is 41.8 Å². The summed E-state index contributed by atoms with van der Waals surface area (Å²) < 4.78 is 7.49. The van der Waals surface area contributed by atoms with Gasteiger partial charge in [-0.05, 0) is 31.4 Å². The molecule has 0 spiro atoms. The molecular weight excluding hydrogens is 450 g/mol. The van der Waals surface area contributed by atoms with Crippen LogP contribution in [0.4, 0.5) is 11.4 Å². The first-order chi connectivity index (χ1) is 16.4. The molecule has 0 atom stereocenters. The number of para-hydroxylation sites is 1. The zero-order valence-electron chi connectivity index (χ0n) is 19.2. The maximum absolute atomic E-state index is 12.9. The van der Waals surface area contributed by atoms with Crippen LogP contribution in [0.5, 0.6) is 5.75 Å². The minimum absolute atomic E-state index is 0.128. The Kier molecular flexibility index (Phi) is 5.72. The monoisotopic (exact) mass is 476 g/mol. The molecule has 1 fully saturated rings. The van der Waals surface area contributed by atoms with Crippen LogP contribution in [0.3, 0.4) is 0 Å². The second kappa shape index (κ2) is 8.71. The zero-order valence-corrected chi connectivity index (χ0v) is 20.0. The van der Waals surface area contributed by atoms with Crippen molar-refractivity contribution >= 4 is 28.9 Å². The van der Waals surface area contributed by atoms with Crippen LogP contribution >= 0.6 is 11.6 Å². The van der Waals surface area contributed by atoms with Crippen LogP contribution in [0.15, 0.2) is 36.7 Å². The fraction of sp³-hybridized carbons (Fsp3) is 0.308. The van der Waals surface area contributed by atoms with Gasteiger partial charge < -0.3 is 26.1 Å². The lowest BCUT2D eigenvalue weighted by molar-refractivity contribution is -0.671. The summed E-state index contributed by atoms with van der Waals surface area (Å²) in [5.74, 6) is 6.98. The lowest BCUT2D eigenvalue weighted by Gasteiger charge is -2.32. The number of hydrogen-bond acceptors (Lipinski definition) is 4. The second-order valence-electron chi connectivity index (χ2n) is 8.88. The molecule has 0 radical (unpaired) electrons. The molecule has 2 aliphatic rings. The smallest absolute Gasteiger partial charge is 0.255 e. The van der Waals surface area contributed by atoms with Crippen molar-refractivity contribution < 1.29 is 14.1 Å². The van der Waals surface area contributed by atoms with Gasteiger partial charge in [-0.25, -0.2) is 4.57 Å². The lowest BCUT2D eigenvalue weighted by Crippen LogP contribution is -2.44. The Balaban J connectivity index is 1.68. The van der Waals surface area contributed by atoms with Crippen LogP contribution in [0.25, 0.3) is 11.3 Å². The number of fused-ring (bicyclic) bond motifs is 1. The fourth-order valence-electron chi connectivity index (χ4n) is 4.45. The average molecular weight is 477 g/mol. The first-order valence-corrected chi connectivity index (χ1v) is 11.7. The molecule has 2 aromatic heterocycles. The molecular formula is C26H27ClN5O2+. The van der Waals surface area contributed by atoms with E-state index in [2.05, 4.69) is 27.5 Å². The van der Waals surface area contributed by atoms with Gasteiger partial charge in [0.05, 0.1) is 45.9 Å².